The number of unbranched alkanes of at least 4 members (excludes halogenated alkanes) is 1. The zero-order valence-electron chi connectivity index (χ0n) is 11.1. The van der Waals surface area contributed by atoms with Gasteiger partial charge < -0.3 is 14.6 Å². The Morgan fingerprint density at radius 2 is 2.10 bits per heavy atom. The molecule has 1 unspecified atom stereocenters. The number of benzene rings is 1. The van der Waals surface area contributed by atoms with Gasteiger partial charge in [0.05, 0.1) is 4.47 Å². The summed E-state index contributed by atoms with van der Waals surface area (Å²) in [6, 6.07) is 3.53. The monoisotopic (exact) mass is 370 g/mol. The number of hydrogen-bond donors (Lipinski definition) is 1. The smallest absolute Gasteiger partial charge is 0.479 e. The van der Waals surface area contributed by atoms with Crippen molar-refractivity contribution in [1.82, 2.24) is 0 Å². The van der Waals surface area contributed by atoms with Gasteiger partial charge in [0.1, 0.15) is 11.5 Å². The number of ether oxygens (including phenoxy) is 2. The summed E-state index contributed by atoms with van der Waals surface area (Å²) in [5.74, 6) is -1.38. The first kappa shape index (κ1) is 17.6. The lowest BCUT2D eigenvalue weighted by Crippen LogP contribution is -2.26. The molecule has 1 atom stereocenters. The Morgan fingerprint density at radius 1 is 1.43 bits per heavy atom. The summed E-state index contributed by atoms with van der Waals surface area (Å²) in [5.41, 5.74) is 0. The van der Waals surface area contributed by atoms with E-state index in [1.54, 1.807) is 0 Å². The van der Waals surface area contributed by atoms with Crippen LogP contribution < -0.4 is 9.47 Å². The van der Waals surface area contributed by atoms with E-state index in [1.165, 1.54) is 12.1 Å². The minimum absolute atomic E-state index is 0.0250. The molecule has 0 aromatic heterocycles. The molecule has 0 aliphatic carbocycles. The maximum absolute atomic E-state index is 12.1. The van der Waals surface area contributed by atoms with E-state index in [2.05, 4.69) is 20.7 Å². The van der Waals surface area contributed by atoms with Crippen LogP contribution in [0.25, 0.3) is 0 Å². The van der Waals surface area contributed by atoms with Crippen molar-refractivity contribution in [3.8, 4) is 11.5 Å². The van der Waals surface area contributed by atoms with E-state index >= 15 is 0 Å². The molecule has 8 heteroatoms. The highest BCUT2D eigenvalue weighted by Crippen LogP contribution is 2.33. The highest BCUT2D eigenvalue weighted by molar-refractivity contribution is 9.10. The van der Waals surface area contributed by atoms with Crippen LogP contribution in [0.15, 0.2) is 22.7 Å². The molecule has 0 heterocycles. The molecule has 0 bridgehead atoms. The summed E-state index contributed by atoms with van der Waals surface area (Å²) in [4.78, 5) is 11.0. The van der Waals surface area contributed by atoms with Crippen molar-refractivity contribution in [2.45, 2.75) is 38.7 Å². The Labute approximate surface area is 128 Å². The second kappa shape index (κ2) is 7.53. The van der Waals surface area contributed by atoms with Crippen LogP contribution in [0.5, 0.6) is 11.5 Å². The number of carboxylic acids is 1. The van der Waals surface area contributed by atoms with Crippen molar-refractivity contribution in [3.05, 3.63) is 22.7 Å². The first-order chi connectivity index (χ1) is 9.73. The Morgan fingerprint density at radius 3 is 2.57 bits per heavy atom. The van der Waals surface area contributed by atoms with Gasteiger partial charge >= 0.3 is 12.3 Å². The van der Waals surface area contributed by atoms with E-state index in [0.717, 1.165) is 12.5 Å². The highest BCUT2D eigenvalue weighted by Gasteiger charge is 2.32. The van der Waals surface area contributed by atoms with Gasteiger partial charge in [0, 0.05) is 0 Å². The van der Waals surface area contributed by atoms with Crippen molar-refractivity contribution in [2.75, 3.05) is 0 Å². The van der Waals surface area contributed by atoms with Gasteiger partial charge in [-0.2, -0.15) is 0 Å². The lowest BCUT2D eigenvalue weighted by Gasteiger charge is -2.16. The molecule has 0 aliphatic rings. The molecule has 0 amide bonds. The van der Waals surface area contributed by atoms with Crippen LogP contribution in [0.4, 0.5) is 13.2 Å². The summed E-state index contributed by atoms with van der Waals surface area (Å²) >= 11 is 2.93. The number of hydrogen-bond acceptors (Lipinski definition) is 3. The quantitative estimate of drug-likeness (QED) is 0.774. The fraction of sp³-hybridized carbons (Fsp3) is 0.462. The normalized spacial score (nSPS) is 12.8. The third-order valence-electron chi connectivity index (χ3n) is 2.50. The zero-order valence-corrected chi connectivity index (χ0v) is 12.7. The van der Waals surface area contributed by atoms with E-state index in [9.17, 15) is 18.0 Å². The van der Waals surface area contributed by atoms with Crippen LogP contribution in [-0.2, 0) is 4.79 Å². The van der Waals surface area contributed by atoms with Crippen LogP contribution in [-0.4, -0.2) is 23.5 Å². The van der Waals surface area contributed by atoms with Gasteiger partial charge in [-0.3, -0.25) is 0 Å². The van der Waals surface area contributed by atoms with Gasteiger partial charge in [0.15, 0.2) is 6.10 Å². The number of aliphatic carboxylic acids is 1. The predicted molar refractivity (Wildman–Crippen MR) is 72.4 cm³/mol. The maximum atomic E-state index is 12.1. The molecule has 0 spiro atoms. The molecule has 0 aliphatic heterocycles. The number of carboxylic acid groups (broad SMARTS) is 1. The molecular weight excluding hydrogens is 357 g/mol. The molecule has 21 heavy (non-hydrogen) atoms. The van der Waals surface area contributed by atoms with Crippen molar-refractivity contribution in [3.63, 3.8) is 0 Å². The SMILES string of the molecule is CCCCC(Oc1ccc(OC(F)(F)F)c(Br)c1)C(=O)O. The molecule has 0 fully saturated rings. The number of alkyl halides is 3. The molecule has 1 rings (SSSR count). The Hall–Kier alpha value is -1.44. The summed E-state index contributed by atoms with van der Waals surface area (Å²) in [6.45, 7) is 1.92. The lowest BCUT2D eigenvalue weighted by atomic mass is 10.1. The van der Waals surface area contributed by atoms with Crippen molar-refractivity contribution >= 4 is 21.9 Å². The van der Waals surface area contributed by atoms with Crippen molar-refractivity contribution in [2.24, 2.45) is 0 Å². The highest BCUT2D eigenvalue weighted by atomic mass is 79.9. The average molecular weight is 371 g/mol. The zero-order chi connectivity index (χ0) is 16.0. The molecule has 4 nitrogen and oxygen atoms in total. The van der Waals surface area contributed by atoms with E-state index in [1.807, 2.05) is 6.92 Å². The fourth-order valence-corrected chi connectivity index (χ4v) is 1.99. The Kier molecular flexibility index (Phi) is 6.32. The molecule has 1 aromatic rings. The van der Waals surface area contributed by atoms with Crippen LogP contribution in [0.1, 0.15) is 26.2 Å². The van der Waals surface area contributed by atoms with Gasteiger partial charge in [-0.1, -0.05) is 13.3 Å². The second-order valence-electron chi connectivity index (χ2n) is 4.23. The number of rotatable bonds is 7. The predicted octanol–water partition coefficient (Wildman–Crippen LogP) is 4.37. The van der Waals surface area contributed by atoms with E-state index in [4.69, 9.17) is 9.84 Å². The third kappa shape index (κ3) is 6.24. The van der Waals surface area contributed by atoms with Gasteiger partial charge in [0.25, 0.3) is 0 Å². The van der Waals surface area contributed by atoms with Gasteiger partial charge in [-0.25, -0.2) is 4.79 Å². The van der Waals surface area contributed by atoms with Crippen LogP contribution >= 0.6 is 15.9 Å². The molecular formula is C13H14BrF3O4. The summed E-state index contributed by atoms with van der Waals surface area (Å²) in [7, 11) is 0. The van der Waals surface area contributed by atoms with Crippen molar-refractivity contribution < 1.29 is 32.5 Å². The van der Waals surface area contributed by atoms with E-state index in [-0.39, 0.29) is 10.2 Å². The second-order valence-corrected chi connectivity index (χ2v) is 5.08. The summed E-state index contributed by atoms with van der Waals surface area (Å²) < 4.78 is 45.5. The van der Waals surface area contributed by atoms with E-state index in [0.29, 0.717) is 12.8 Å². The molecule has 118 valence electrons. The topological polar surface area (TPSA) is 55.8 Å². The first-order valence-electron chi connectivity index (χ1n) is 6.17. The van der Waals surface area contributed by atoms with Gasteiger partial charge in [-0.15, -0.1) is 13.2 Å². The fourth-order valence-electron chi connectivity index (χ4n) is 1.55. The average Bonchev–Trinajstić information content (AvgIpc) is 2.36. The molecule has 1 aromatic carbocycles. The summed E-state index contributed by atoms with van der Waals surface area (Å²) in [6.07, 6.45) is -4.02. The standard InChI is InChI=1S/C13H14BrF3O4/c1-2-3-4-11(12(18)19)20-8-5-6-10(9(14)7-8)21-13(15,16)17/h5-7,11H,2-4H2,1H3,(H,18,19). The van der Waals surface area contributed by atoms with Crippen LogP contribution in [0.2, 0.25) is 0 Å². The minimum Gasteiger partial charge on any atom is -0.479 e. The Balaban J connectivity index is 2.80. The third-order valence-corrected chi connectivity index (χ3v) is 3.12. The summed E-state index contributed by atoms with van der Waals surface area (Å²) in [5, 5.41) is 9.03. The number of carbonyl (C=O) groups is 1. The minimum atomic E-state index is -4.80. The van der Waals surface area contributed by atoms with Crippen LogP contribution in [0, 0.1) is 0 Å². The van der Waals surface area contributed by atoms with Crippen LogP contribution in [0.3, 0.4) is 0 Å². The van der Waals surface area contributed by atoms with Gasteiger partial charge in [0.2, 0.25) is 0 Å². The lowest BCUT2D eigenvalue weighted by molar-refractivity contribution is -0.274. The van der Waals surface area contributed by atoms with E-state index < -0.39 is 24.2 Å². The molecule has 1 N–H and O–H groups in total. The molecule has 0 saturated carbocycles. The van der Waals surface area contributed by atoms with Gasteiger partial charge in [-0.05, 0) is 47.0 Å². The molecule has 0 radical (unpaired) electrons. The first-order valence-corrected chi connectivity index (χ1v) is 6.97. The Bertz CT molecular complexity index is 491. The molecule has 0 saturated heterocycles. The largest absolute Gasteiger partial charge is 0.573 e. The number of halogens is 4. The maximum Gasteiger partial charge on any atom is 0.573 e. The van der Waals surface area contributed by atoms with Crippen molar-refractivity contribution in [1.29, 1.82) is 0 Å².